The van der Waals surface area contributed by atoms with Crippen LogP contribution in [-0.4, -0.2) is 36.1 Å². The maximum absolute atomic E-state index is 11.9. The van der Waals surface area contributed by atoms with Crippen molar-refractivity contribution in [2.45, 2.75) is 24.4 Å². The van der Waals surface area contributed by atoms with E-state index in [1.54, 1.807) is 0 Å². The lowest BCUT2D eigenvalue weighted by atomic mass is 9.98. The number of methoxy groups -OCH3 is 1. The number of carbonyl (C=O) groups excluding carboxylic acids is 1. The number of aliphatic hydroxyl groups is 1. The summed E-state index contributed by atoms with van der Waals surface area (Å²) in [6.07, 6.45) is -14.2. The molecule has 0 bridgehead atoms. The third-order valence-electron chi connectivity index (χ3n) is 1.57. The predicted octanol–water partition coefficient (Wildman–Crippen LogP) is 1.41. The Balaban J connectivity index is 5.15. The molecule has 0 aromatic rings. The van der Waals surface area contributed by atoms with Gasteiger partial charge in [0.2, 0.25) is 0 Å². The molecule has 0 aliphatic heterocycles. The Morgan fingerprint density at radius 1 is 1.13 bits per heavy atom. The summed E-state index contributed by atoms with van der Waals surface area (Å²) in [5.74, 6) is -1.81. The van der Waals surface area contributed by atoms with Gasteiger partial charge in [0.25, 0.3) is 5.60 Å². The minimum absolute atomic E-state index is 0.607. The van der Waals surface area contributed by atoms with Crippen LogP contribution >= 0.6 is 0 Å². The maximum Gasteiger partial charge on any atom is 0.426 e. The Morgan fingerprint density at radius 3 is 1.67 bits per heavy atom. The maximum atomic E-state index is 11.9. The second-order valence-electron chi connectivity index (χ2n) is 2.61. The van der Waals surface area contributed by atoms with Crippen LogP contribution in [0.3, 0.4) is 0 Å². The number of carbonyl (C=O) groups is 1. The molecule has 0 atom stereocenters. The molecular formula is C6H6F6O3. The SMILES string of the molecule is COC(=O)CC(O)(C(F)(F)F)C(F)(F)F. The fraction of sp³-hybridized carbons (Fsp3) is 0.833. The second-order valence-corrected chi connectivity index (χ2v) is 2.61. The molecule has 0 saturated heterocycles. The summed E-state index contributed by atoms with van der Waals surface area (Å²) in [5, 5.41) is 8.43. The van der Waals surface area contributed by atoms with Crippen molar-refractivity contribution < 1.29 is 41.0 Å². The Hall–Kier alpha value is -0.990. The van der Waals surface area contributed by atoms with Gasteiger partial charge < -0.3 is 9.84 Å². The first-order valence-electron chi connectivity index (χ1n) is 3.38. The minimum Gasteiger partial charge on any atom is -0.469 e. The second kappa shape index (κ2) is 3.87. The number of halogens is 6. The fourth-order valence-electron chi connectivity index (χ4n) is 0.642. The highest BCUT2D eigenvalue weighted by Crippen LogP contribution is 2.45. The Morgan fingerprint density at radius 2 is 1.47 bits per heavy atom. The highest BCUT2D eigenvalue weighted by atomic mass is 19.4. The molecule has 0 aliphatic rings. The van der Waals surface area contributed by atoms with Gasteiger partial charge in [0.1, 0.15) is 0 Å². The minimum atomic E-state index is -6.00. The van der Waals surface area contributed by atoms with Gasteiger partial charge in [-0.2, -0.15) is 26.3 Å². The quantitative estimate of drug-likeness (QED) is 0.586. The molecule has 0 aromatic carbocycles. The molecule has 0 heterocycles. The third-order valence-corrected chi connectivity index (χ3v) is 1.57. The summed E-state index contributed by atoms with van der Waals surface area (Å²) in [5.41, 5.74) is -5.08. The van der Waals surface area contributed by atoms with E-state index in [1.165, 1.54) is 0 Å². The van der Waals surface area contributed by atoms with E-state index in [2.05, 4.69) is 4.74 Å². The average Bonchev–Trinajstić information content (AvgIpc) is 1.99. The number of hydrogen-bond donors (Lipinski definition) is 1. The first-order valence-corrected chi connectivity index (χ1v) is 3.38. The van der Waals surface area contributed by atoms with Crippen LogP contribution in [0.25, 0.3) is 0 Å². The zero-order chi connectivity index (χ0) is 12.5. The van der Waals surface area contributed by atoms with Crippen LogP contribution in [0, 0.1) is 0 Å². The van der Waals surface area contributed by atoms with E-state index < -0.39 is 30.3 Å². The van der Waals surface area contributed by atoms with Gasteiger partial charge in [0.05, 0.1) is 13.5 Å². The van der Waals surface area contributed by atoms with Crippen LogP contribution in [0.4, 0.5) is 26.3 Å². The third kappa shape index (κ3) is 2.74. The molecule has 0 aromatic heterocycles. The van der Waals surface area contributed by atoms with Gasteiger partial charge in [-0.25, -0.2) is 0 Å². The largest absolute Gasteiger partial charge is 0.469 e. The summed E-state index contributed by atoms with van der Waals surface area (Å²) in [4.78, 5) is 10.3. The molecule has 1 N–H and O–H groups in total. The van der Waals surface area contributed by atoms with E-state index in [1.807, 2.05) is 0 Å². The van der Waals surface area contributed by atoms with Gasteiger partial charge in [-0.05, 0) is 0 Å². The van der Waals surface area contributed by atoms with E-state index in [9.17, 15) is 31.1 Å². The lowest BCUT2D eigenvalue weighted by Gasteiger charge is -2.31. The van der Waals surface area contributed by atoms with Crippen molar-refractivity contribution in [3.05, 3.63) is 0 Å². The van der Waals surface area contributed by atoms with E-state index in [-0.39, 0.29) is 0 Å². The molecule has 0 rings (SSSR count). The fourth-order valence-corrected chi connectivity index (χ4v) is 0.642. The molecule has 0 amide bonds. The van der Waals surface area contributed by atoms with Gasteiger partial charge in [-0.15, -0.1) is 0 Å². The molecule has 15 heavy (non-hydrogen) atoms. The van der Waals surface area contributed by atoms with E-state index in [0.717, 1.165) is 0 Å². The smallest absolute Gasteiger partial charge is 0.426 e. The van der Waals surface area contributed by atoms with Gasteiger partial charge >= 0.3 is 18.3 Å². The van der Waals surface area contributed by atoms with Crippen molar-refractivity contribution in [1.82, 2.24) is 0 Å². The van der Waals surface area contributed by atoms with Crippen molar-refractivity contribution in [2.24, 2.45) is 0 Å². The molecule has 3 nitrogen and oxygen atoms in total. The van der Waals surface area contributed by atoms with Gasteiger partial charge in [-0.3, -0.25) is 4.79 Å². The Kier molecular flexibility index (Phi) is 3.62. The first-order chi connectivity index (χ1) is 6.45. The summed E-state index contributed by atoms with van der Waals surface area (Å²) in [7, 11) is 0.607. The van der Waals surface area contributed by atoms with Gasteiger partial charge in [0.15, 0.2) is 0 Å². The number of rotatable bonds is 2. The zero-order valence-corrected chi connectivity index (χ0v) is 7.24. The molecule has 0 spiro atoms. The molecule has 0 aliphatic carbocycles. The van der Waals surface area contributed by atoms with Crippen LogP contribution in [-0.2, 0) is 9.53 Å². The number of ether oxygens (including phenoxy) is 1. The van der Waals surface area contributed by atoms with Crippen molar-refractivity contribution in [1.29, 1.82) is 0 Å². The number of esters is 1. The normalized spacial score (nSPS) is 13.9. The summed E-state index contributed by atoms with van der Waals surface area (Å²) in [6.45, 7) is 0. The van der Waals surface area contributed by atoms with E-state index in [4.69, 9.17) is 5.11 Å². The van der Waals surface area contributed by atoms with Crippen molar-refractivity contribution in [3.8, 4) is 0 Å². The number of alkyl halides is 6. The van der Waals surface area contributed by atoms with Crippen LogP contribution in [0.15, 0.2) is 0 Å². The van der Waals surface area contributed by atoms with E-state index >= 15 is 0 Å². The molecule has 9 heteroatoms. The molecule has 0 radical (unpaired) electrons. The monoisotopic (exact) mass is 240 g/mol. The topological polar surface area (TPSA) is 46.5 Å². The summed E-state index contributed by atoms with van der Waals surface area (Å²) in [6, 6.07) is 0. The first kappa shape index (κ1) is 14.0. The highest BCUT2D eigenvalue weighted by Gasteiger charge is 2.71. The molecule has 0 unspecified atom stereocenters. The Bertz CT molecular complexity index is 228. The lowest BCUT2D eigenvalue weighted by molar-refractivity contribution is -0.368. The van der Waals surface area contributed by atoms with Gasteiger partial charge in [-0.1, -0.05) is 0 Å². The number of hydrogen-bond acceptors (Lipinski definition) is 3. The molecule has 90 valence electrons. The zero-order valence-electron chi connectivity index (χ0n) is 7.24. The highest BCUT2D eigenvalue weighted by molar-refractivity contribution is 5.70. The molecule has 0 fully saturated rings. The summed E-state index contributed by atoms with van der Waals surface area (Å²) < 4.78 is 75.2. The van der Waals surface area contributed by atoms with E-state index in [0.29, 0.717) is 7.11 Å². The van der Waals surface area contributed by atoms with Crippen LogP contribution in [0.2, 0.25) is 0 Å². The Labute approximate surface area is 79.6 Å². The van der Waals surface area contributed by atoms with Crippen molar-refractivity contribution in [3.63, 3.8) is 0 Å². The van der Waals surface area contributed by atoms with Crippen LogP contribution < -0.4 is 0 Å². The van der Waals surface area contributed by atoms with Crippen molar-refractivity contribution in [2.75, 3.05) is 7.11 Å². The standard InChI is InChI=1S/C6H6F6O3/c1-15-3(13)2-4(14,5(7,8)9)6(10,11)12/h14H,2H2,1H3. The molecular weight excluding hydrogens is 234 g/mol. The molecule has 0 saturated carbocycles. The summed E-state index contributed by atoms with van der Waals surface area (Å²) >= 11 is 0. The lowest BCUT2D eigenvalue weighted by Crippen LogP contribution is -2.58. The average molecular weight is 240 g/mol. The van der Waals surface area contributed by atoms with Gasteiger partial charge in [0, 0.05) is 0 Å². The van der Waals surface area contributed by atoms with Crippen LogP contribution in [0.1, 0.15) is 6.42 Å². The van der Waals surface area contributed by atoms with Crippen LogP contribution in [0.5, 0.6) is 0 Å². The predicted molar refractivity (Wildman–Crippen MR) is 33.7 cm³/mol. The van der Waals surface area contributed by atoms with Crippen molar-refractivity contribution >= 4 is 5.97 Å².